The molecule has 1 amide bonds. The van der Waals surface area contributed by atoms with Crippen LogP contribution in [0, 0.1) is 10.1 Å². The molecule has 0 unspecified atom stereocenters. The number of halogens is 3. The number of non-ortho nitro benzene ring substituents is 1. The molecule has 0 aliphatic carbocycles. The molecule has 6 nitrogen and oxygen atoms in total. The van der Waals surface area contributed by atoms with Crippen LogP contribution < -0.4 is 5.32 Å². The number of piperidine rings is 1. The van der Waals surface area contributed by atoms with Crippen LogP contribution >= 0.6 is 0 Å². The Balaban J connectivity index is 2.28. The van der Waals surface area contributed by atoms with Crippen molar-refractivity contribution in [3.05, 3.63) is 39.9 Å². The third-order valence-corrected chi connectivity index (χ3v) is 3.66. The quantitative estimate of drug-likeness (QED) is 0.679. The van der Waals surface area contributed by atoms with Gasteiger partial charge in [-0.25, -0.2) is 0 Å². The van der Waals surface area contributed by atoms with Crippen molar-refractivity contribution in [3.8, 4) is 0 Å². The van der Waals surface area contributed by atoms with E-state index < -0.39 is 29.6 Å². The molecule has 1 aromatic carbocycles. The summed E-state index contributed by atoms with van der Waals surface area (Å²) in [4.78, 5) is 23.3. The van der Waals surface area contributed by atoms with Crippen molar-refractivity contribution in [2.24, 2.45) is 0 Å². The van der Waals surface area contributed by atoms with Crippen LogP contribution in [0.2, 0.25) is 0 Å². The van der Waals surface area contributed by atoms with Gasteiger partial charge in [0.15, 0.2) is 0 Å². The third kappa shape index (κ3) is 4.65. The van der Waals surface area contributed by atoms with E-state index in [2.05, 4.69) is 5.32 Å². The summed E-state index contributed by atoms with van der Waals surface area (Å²) < 4.78 is 38.5. The molecule has 1 aromatic rings. The topological polar surface area (TPSA) is 75.5 Å². The molecule has 0 radical (unpaired) electrons. The summed E-state index contributed by atoms with van der Waals surface area (Å²) in [7, 11) is 0. The predicted octanol–water partition coefficient (Wildman–Crippen LogP) is 2.35. The molecule has 1 aliphatic rings. The zero-order chi connectivity index (χ0) is 17.0. The van der Waals surface area contributed by atoms with Crippen molar-refractivity contribution in [2.45, 2.75) is 25.1 Å². The number of benzene rings is 1. The number of alkyl halides is 3. The Kier molecular flexibility index (Phi) is 5.19. The number of nitro groups is 1. The minimum absolute atomic E-state index is 0.109. The molecular formula is C14H16F3N3O3. The maximum absolute atomic E-state index is 12.8. The second-order valence-electron chi connectivity index (χ2n) is 5.34. The molecule has 1 heterocycles. The summed E-state index contributed by atoms with van der Waals surface area (Å²) in [6, 6.07) is 4.24. The van der Waals surface area contributed by atoms with Crippen LogP contribution in [-0.2, 0) is 0 Å². The first-order valence-electron chi connectivity index (χ1n) is 7.11. The molecule has 1 fully saturated rings. The van der Waals surface area contributed by atoms with Gasteiger partial charge in [0.2, 0.25) is 0 Å². The smallest absolute Gasteiger partial charge is 0.326 e. The van der Waals surface area contributed by atoms with Crippen LogP contribution in [0.1, 0.15) is 23.2 Å². The summed E-state index contributed by atoms with van der Waals surface area (Å²) in [5, 5.41) is 13.8. The van der Waals surface area contributed by atoms with Gasteiger partial charge >= 0.3 is 6.18 Å². The van der Waals surface area contributed by atoms with Crippen LogP contribution in [0.25, 0.3) is 0 Å². The van der Waals surface area contributed by atoms with E-state index in [0.717, 1.165) is 11.0 Å². The Bertz CT molecular complexity index is 586. The first-order valence-corrected chi connectivity index (χ1v) is 7.11. The molecule has 1 saturated heterocycles. The average molecular weight is 331 g/mol. The van der Waals surface area contributed by atoms with E-state index in [1.54, 1.807) is 0 Å². The van der Waals surface area contributed by atoms with Crippen molar-refractivity contribution in [1.82, 2.24) is 10.2 Å². The second-order valence-corrected chi connectivity index (χ2v) is 5.34. The second kappa shape index (κ2) is 6.95. The minimum Gasteiger partial charge on any atom is -0.326 e. The number of nitrogens with zero attached hydrogens (tertiary/aromatic N) is 2. The Morgan fingerprint density at radius 2 is 2.00 bits per heavy atom. The summed E-state index contributed by atoms with van der Waals surface area (Å²) in [6.45, 7) is -0.304. The van der Waals surface area contributed by atoms with Crippen LogP contribution in [-0.4, -0.2) is 47.6 Å². The van der Waals surface area contributed by atoms with Crippen molar-refractivity contribution in [3.63, 3.8) is 0 Å². The van der Waals surface area contributed by atoms with Gasteiger partial charge in [0.05, 0.1) is 4.92 Å². The fourth-order valence-electron chi connectivity index (χ4n) is 2.60. The first kappa shape index (κ1) is 17.2. The first-order chi connectivity index (χ1) is 10.8. The maximum Gasteiger partial charge on any atom is 0.406 e. The summed E-state index contributed by atoms with van der Waals surface area (Å²) in [5.41, 5.74) is -0.435. The monoisotopic (exact) mass is 331 g/mol. The molecule has 0 atom stereocenters. The molecule has 0 saturated carbocycles. The number of rotatable bonds is 4. The molecule has 0 bridgehead atoms. The highest BCUT2D eigenvalue weighted by atomic mass is 19.4. The SMILES string of the molecule is O=C(c1cccc([N+](=O)[O-])c1)N(CC(F)(F)F)C1CCNCC1. The highest BCUT2D eigenvalue weighted by molar-refractivity contribution is 5.95. The number of amides is 1. The van der Waals surface area contributed by atoms with Crippen molar-refractivity contribution in [2.75, 3.05) is 19.6 Å². The lowest BCUT2D eigenvalue weighted by Crippen LogP contribution is -2.49. The summed E-state index contributed by atoms with van der Waals surface area (Å²) >= 11 is 0. The Morgan fingerprint density at radius 3 is 2.57 bits per heavy atom. The van der Waals surface area contributed by atoms with Crippen molar-refractivity contribution >= 4 is 11.6 Å². The normalized spacial score (nSPS) is 16.1. The van der Waals surface area contributed by atoms with Gasteiger partial charge in [-0.3, -0.25) is 14.9 Å². The molecule has 2 rings (SSSR count). The van der Waals surface area contributed by atoms with Gasteiger partial charge in [-0.2, -0.15) is 13.2 Å². The number of carbonyl (C=O) groups excluding carboxylic acids is 1. The van der Waals surface area contributed by atoms with Gasteiger partial charge in [0.25, 0.3) is 11.6 Å². The molecule has 0 aromatic heterocycles. The summed E-state index contributed by atoms with van der Waals surface area (Å²) in [5.74, 6) is -0.835. The lowest BCUT2D eigenvalue weighted by molar-refractivity contribution is -0.384. The Hall–Kier alpha value is -2.16. The van der Waals surface area contributed by atoms with E-state index in [1.807, 2.05) is 0 Å². The number of nitro benzene ring substituents is 1. The van der Waals surface area contributed by atoms with E-state index in [9.17, 15) is 28.1 Å². The number of hydrogen-bond donors (Lipinski definition) is 1. The number of nitrogens with one attached hydrogen (secondary N) is 1. The number of carbonyl (C=O) groups is 1. The van der Waals surface area contributed by atoms with Crippen LogP contribution in [0.3, 0.4) is 0 Å². The van der Waals surface area contributed by atoms with E-state index in [4.69, 9.17) is 0 Å². The van der Waals surface area contributed by atoms with Crippen LogP contribution in [0.15, 0.2) is 24.3 Å². The maximum atomic E-state index is 12.8. The third-order valence-electron chi connectivity index (χ3n) is 3.66. The van der Waals surface area contributed by atoms with Gasteiger partial charge in [-0.1, -0.05) is 6.07 Å². The van der Waals surface area contributed by atoms with Crippen molar-refractivity contribution in [1.29, 1.82) is 0 Å². The summed E-state index contributed by atoms with van der Waals surface area (Å²) in [6.07, 6.45) is -3.70. The minimum atomic E-state index is -4.53. The number of hydrogen-bond acceptors (Lipinski definition) is 4. The molecule has 126 valence electrons. The van der Waals surface area contributed by atoms with E-state index in [1.165, 1.54) is 18.2 Å². The van der Waals surface area contributed by atoms with Gasteiger partial charge in [0, 0.05) is 23.7 Å². The lowest BCUT2D eigenvalue weighted by atomic mass is 10.0. The highest BCUT2D eigenvalue weighted by Gasteiger charge is 2.37. The lowest BCUT2D eigenvalue weighted by Gasteiger charge is -2.35. The Labute approximate surface area is 130 Å². The van der Waals surface area contributed by atoms with E-state index in [-0.39, 0.29) is 11.3 Å². The van der Waals surface area contributed by atoms with Gasteiger partial charge in [-0.15, -0.1) is 0 Å². The molecule has 23 heavy (non-hydrogen) atoms. The zero-order valence-electron chi connectivity index (χ0n) is 12.2. The van der Waals surface area contributed by atoms with Gasteiger partial charge in [-0.05, 0) is 32.0 Å². The van der Waals surface area contributed by atoms with Crippen LogP contribution in [0.4, 0.5) is 18.9 Å². The predicted molar refractivity (Wildman–Crippen MR) is 76.1 cm³/mol. The van der Waals surface area contributed by atoms with Gasteiger partial charge < -0.3 is 10.2 Å². The average Bonchev–Trinajstić information content (AvgIpc) is 2.52. The molecule has 0 spiro atoms. The molecule has 1 N–H and O–H groups in total. The van der Waals surface area contributed by atoms with Crippen molar-refractivity contribution < 1.29 is 22.9 Å². The molecule has 1 aliphatic heterocycles. The van der Waals surface area contributed by atoms with Gasteiger partial charge in [0.1, 0.15) is 6.54 Å². The standard InChI is InChI=1S/C14H16F3N3O3/c15-14(16,17)9-19(11-4-6-18-7-5-11)13(21)10-2-1-3-12(8-10)20(22)23/h1-3,8,11,18H,4-7,9H2. The zero-order valence-corrected chi connectivity index (χ0v) is 12.2. The molecular weight excluding hydrogens is 315 g/mol. The fourth-order valence-corrected chi connectivity index (χ4v) is 2.60. The Morgan fingerprint density at radius 1 is 1.35 bits per heavy atom. The fraction of sp³-hybridized carbons (Fsp3) is 0.500. The largest absolute Gasteiger partial charge is 0.406 e. The van der Waals surface area contributed by atoms with E-state index in [0.29, 0.717) is 25.9 Å². The van der Waals surface area contributed by atoms with Crippen LogP contribution in [0.5, 0.6) is 0 Å². The highest BCUT2D eigenvalue weighted by Crippen LogP contribution is 2.24. The van der Waals surface area contributed by atoms with E-state index >= 15 is 0 Å². The molecule has 9 heteroatoms.